The number of hydrogen-bond donors (Lipinski definition) is 1. The number of anilines is 1. The van der Waals surface area contributed by atoms with Crippen LogP contribution in [0.25, 0.3) is 0 Å². The van der Waals surface area contributed by atoms with Crippen molar-refractivity contribution in [3.63, 3.8) is 0 Å². The zero-order valence-corrected chi connectivity index (χ0v) is 16.0. The van der Waals surface area contributed by atoms with Crippen LogP contribution < -0.4 is 5.32 Å². The number of esters is 2. The number of carbonyl (C=O) groups excluding carboxylic acids is 3. The summed E-state index contributed by atoms with van der Waals surface area (Å²) in [6.45, 7) is 3.69. The van der Waals surface area contributed by atoms with Crippen LogP contribution in [0, 0.1) is 5.92 Å². The molecule has 8 heteroatoms. The highest BCUT2D eigenvalue weighted by Gasteiger charge is 2.29. The third kappa shape index (κ3) is 4.39. The van der Waals surface area contributed by atoms with Crippen LogP contribution in [-0.2, 0) is 27.1 Å². The number of furan rings is 1. The van der Waals surface area contributed by atoms with Crippen molar-refractivity contribution < 1.29 is 28.3 Å². The molecule has 2 aromatic rings. The third-order valence-corrected chi connectivity index (χ3v) is 5.47. The van der Waals surface area contributed by atoms with Gasteiger partial charge in [-0.2, -0.15) is 0 Å². The van der Waals surface area contributed by atoms with Gasteiger partial charge in [-0.1, -0.05) is 6.92 Å². The van der Waals surface area contributed by atoms with Crippen LogP contribution in [0.15, 0.2) is 22.8 Å². The number of carbonyl (C=O) groups is 3. The van der Waals surface area contributed by atoms with Crippen LogP contribution in [0.5, 0.6) is 0 Å². The highest BCUT2D eigenvalue weighted by atomic mass is 32.1. The Kier molecular flexibility index (Phi) is 5.95. The minimum atomic E-state index is -0.722. The first-order valence-electron chi connectivity index (χ1n) is 8.81. The van der Waals surface area contributed by atoms with E-state index in [1.165, 1.54) is 23.7 Å². The Morgan fingerprint density at radius 2 is 2.11 bits per heavy atom. The summed E-state index contributed by atoms with van der Waals surface area (Å²) in [6.07, 6.45) is 3.99. The van der Waals surface area contributed by atoms with Gasteiger partial charge in [0.05, 0.1) is 18.4 Å². The highest BCUT2D eigenvalue weighted by Crippen LogP contribution is 2.40. The molecule has 0 aromatic carbocycles. The maximum Gasteiger partial charge on any atom is 0.374 e. The van der Waals surface area contributed by atoms with E-state index in [2.05, 4.69) is 12.2 Å². The summed E-state index contributed by atoms with van der Waals surface area (Å²) in [5.41, 5.74) is 1.38. The van der Waals surface area contributed by atoms with Gasteiger partial charge in [0.1, 0.15) is 5.00 Å². The van der Waals surface area contributed by atoms with Crippen molar-refractivity contribution in [1.82, 2.24) is 0 Å². The molecule has 1 aliphatic rings. The van der Waals surface area contributed by atoms with Gasteiger partial charge in [0.2, 0.25) is 5.76 Å². The smallest absolute Gasteiger partial charge is 0.374 e. The molecular weight excluding hydrogens is 370 g/mol. The SMILES string of the molecule is CCOC(=O)c1c(NC(=O)COC(=O)c2ccco2)sc2c1CCC(C)C2. The van der Waals surface area contributed by atoms with E-state index < -0.39 is 24.5 Å². The van der Waals surface area contributed by atoms with E-state index in [9.17, 15) is 14.4 Å². The van der Waals surface area contributed by atoms with Crippen molar-refractivity contribution >= 4 is 34.2 Å². The summed E-state index contributed by atoms with van der Waals surface area (Å²) in [5, 5.41) is 3.14. The first-order chi connectivity index (χ1) is 13.0. The van der Waals surface area contributed by atoms with Crippen LogP contribution in [0.1, 0.15) is 51.6 Å². The van der Waals surface area contributed by atoms with Gasteiger partial charge in [0.25, 0.3) is 5.91 Å². The van der Waals surface area contributed by atoms with E-state index in [-0.39, 0.29) is 12.4 Å². The molecule has 2 aromatic heterocycles. The normalized spacial score (nSPS) is 15.7. The summed E-state index contributed by atoms with van der Waals surface area (Å²) in [6, 6.07) is 3.01. The minimum Gasteiger partial charge on any atom is -0.462 e. The van der Waals surface area contributed by atoms with Crippen LogP contribution in [0.3, 0.4) is 0 Å². The molecule has 27 heavy (non-hydrogen) atoms. The molecule has 1 amide bonds. The zero-order valence-electron chi connectivity index (χ0n) is 15.2. The lowest BCUT2D eigenvalue weighted by atomic mass is 9.88. The van der Waals surface area contributed by atoms with Gasteiger partial charge < -0.3 is 19.2 Å². The van der Waals surface area contributed by atoms with Crippen LogP contribution in [0.4, 0.5) is 5.00 Å². The maximum atomic E-state index is 12.4. The lowest BCUT2D eigenvalue weighted by molar-refractivity contribution is -0.119. The Bertz CT molecular complexity index is 839. The molecule has 0 aliphatic heterocycles. The fourth-order valence-electron chi connectivity index (χ4n) is 3.02. The lowest BCUT2D eigenvalue weighted by Gasteiger charge is -2.18. The molecule has 144 valence electrons. The fraction of sp³-hybridized carbons (Fsp3) is 0.421. The summed E-state index contributed by atoms with van der Waals surface area (Å²) in [5.74, 6) is -1.13. The molecule has 3 rings (SSSR count). The van der Waals surface area contributed by atoms with Crippen molar-refractivity contribution in [3.8, 4) is 0 Å². The van der Waals surface area contributed by atoms with Gasteiger partial charge in [-0.05, 0) is 49.8 Å². The van der Waals surface area contributed by atoms with Gasteiger partial charge in [0.15, 0.2) is 6.61 Å². The second-order valence-electron chi connectivity index (χ2n) is 6.38. The van der Waals surface area contributed by atoms with Gasteiger partial charge in [-0.3, -0.25) is 4.79 Å². The molecule has 1 N–H and O–H groups in total. The van der Waals surface area contributed by atoms with Crippen molar-refractivity contribution in [2.24, 2.45) is 5.92 Å². The predicted octanol–water partition coefficient (Wildman–Crippen LogP) is 3.44. The number of hydrogen-bond acceptors (Lipinski definition) is 7. The number of thiophene rings is 1. The molecule has 1 atom stereocenters. The fourth-order valence-corrected chi connectivity index (χ4v) is 4.43. The Balaban J connectivity index is 1.72. The Hall–Kier alpha value is -2.61. The van der Waals surface area contributed by atoms with Crippen molar-refractivity contribution in [1.29, 1.82) is 0 Å². The average Bonchev–Trinajstić information content (AvgIpc) is 3.27. The largest absolute Gasteiger partial charge is 0.462 e. The summed E-state index contributed by atoms with van der Waals surface area (Å²) in [7, 11) is 0. The van der Waals surface area contributed by atoms with Crippen molar-refractivity contribution in [2.45, 2.75) is 33.1 Å². The molecule has 0 radical (unpaired) electrons. The quantitative estimate of drug-likeness (QED) is 0.758. The molecular formula is C19H21NO6S. The van der Waals surface area contributed by atoms with E-state index in [4.69, 9.17) is 13.9 Å². The number of fused-ring (bicyclic) bond motifs is 1. The Morgan fingerprint density at radius 1 is 1.30 bits per heavy atom. The van der Waals surface area contributed by atoms with E-state index in [1.54, 1.807) is 13.0 Å². The lowest BCUT2D eigenvalue weighted by Crippen LogP contribution is -2.22. The second kappa shape index (κ2) is 8.39. The summed E-state index contributed by atoms with van der Waals surface area (Å²) < 4.78 is 15.0. The van der Waals surface area contributed by atoms with Gasteiger partial charge in [-0.25, -0.2) is 9.59 Å². The molecule has 0 bridgehead atoms. The number of nitrogens with one attached hydrogen (secondary N) is 1. The summed E-state index contributed by atoms with van der Waals surface area (Å²) >= 11 is 1.39. The molecule has 0 fully saturated rings. The van der Waals surface area contributed by atoms with Crippen LogP contribution in [0.2, 0.25) is 0 Å². The first-order valence-corrected chi connectivity index (χ1v) is 9.63. The van der Waals surface area contributed by atoms with Crippen molar-refractivity contribution in [2.75, 3.05) is 18.5 Å². The molecule has 0 spiro atoms. The highest BCUT2D eigenvalue weighted by molar-refractivity contribution is 7.17. The van der Waals surface area contributed by atoms with E-state index in [0.29, 0.717) is 16.5 Å². The standard InChI is InChI=1S/C19H21NO6S/c1-3-24-19(23)16-12-7-6-11(2)9-14(12)27-17(16)20-15(21)10-26-18(22)13-5-4-8-25-13/h4-5,8,11H,3,6-7,9-10H2,1-2H3,(H,20,21). The second-order valence-corrected chi connectivity index (χ2v) is 7.48. The molecule has 0 saturated carbocycles. The van der Waals surface area contributed by atoms with E-state index in [0.717, 1.165) is 29.7 Å². The number of rotatable bonds is 6. The minimum absolute atomic E-state index is 0.0237. The molecule has 1 aliphatic carbocycles. The third-order valence-electron chi connectivity index (χ3n) is 4.30. The summed E-state index contributed by atoms with van der Waals surface area (Å²) in [4.78, 5) is 37.5. The van der Waals surface area contributed by atoms with Gasteiger partial charge >= 0.3 is 11.9 Å². The number of ether oxygens (including phenoxy) is 2. The van der Waals surface area contributed by atoms with Crippen LogP contribution >= 0.6 is 11.3 Å². The van der Waals surface area contributed by atoms with Crippen molar-refractivity contribution in [3.05, 3.63) is 40.2 Å². The first kappa shape index (κ1) is 19.2. The topological polar surface area (TPSA) is 94.8 Å². The van der Waals surface area contributed by atoms with Gasteiger partial charge in [0, 0.05) is 4.88 Å². The maximum absolute atomic E-state index is 12.4. The Morgan fingerprint density at radius 3 is 2.81 bits per heavy atom. The van der Waals surface area contributed by atoms with E-state index in [1.807, 2.05) is 0 Å². The van der Waals surface area contributed by atoms with Crippen LogP contribution in [-0.4, -0.2) is 31.1 Å². The van der Waals surface area contributed by atoms with Gasteiger partial charge in [-0.15, -0.1) is 11.3 Å². The zero-order chi connectivity index (χ0) is 19.4. The predicted molar refractivity (Wildman–Crippen MR) is 99.1 cm³/mol. The molecule has 2 heterocycles. The molecule has 1 unspecified atom stereocenters. The number of amides is 1. The monoisotopic (exact) mass is 391 g/mol. The molecule has 0 saturated heterocycles. The molecule has 7 nitrogen and oxygen atoms in total. The van der Waals surface area contributed by atoms with E-state index >= 15 is 0 Å². The Labute approximate surface area is 160 Å². The average molecular weight is 391 g/mol.